The van der Waals surface area contributed by atoms with E-state index in [4.69, 9.17) is 0 Å². The minimum Gasteiger partial charge on any atom is -0.352 e. The second kappa shape index (κ2) is 6.09. The van der Waals surface area contributed by atoms with Gasteiger partial charge in [-0.3, -0.25) is 14.6 Å². The number of hydrogen-bond acceptors (Lipinski definition) is 3. The van der Waals surface area contributed by atoms with E-state index in [2.05, 4.69) is 10.3 Å². The molecule has 18 heavy (non-hydrogen) atoms. The molecule has 0 atom stereocenters. The van der Waals surface area contributed by atoms with Crippen LogP contribution in [0.5, 0.6) is 0 Å². The second-order valence-corrected chi connectivity index (χ2v) is 4.24. The van der Waals surface area contributed by atoms with Gasteiger partial charge in [0.15, 0.2) is 5.82 Å². The van der Waals surface area contributed by atoms with Crippen molar-refractivity contribution >= 4 is 11.8 Å². The monoisotopic (exact) mass is 253 g/mol. The second-order valence-electron chi connectivity index (χ2n) is 4.24. The van der Waals surface area contributed by atoms with Crippen molar-refractivity contribution in [3.05, 3.63) is 29.8 Å². The van der Waals surface area contributed by atoms with Gasteiger partial charge in [-0.05, 0) is 19.9 Å². The van der Waals surface area contributed by atoms with Gasteiger partial charge < -0.3 is 10.2 Å². The highest BCUT2D eigenvalue weighted by molar-refractivity contribution is 5.96. The number of nitrogens with one attached hydrogen (secondary N) is 1. The largest absolute Gasteiger partial charge is 0.352 e. The maximum Gasteiger partial charge on any atom is 0.257 e. The summed E-state index contributed by atoms with van der Waals surface area (Å²) in [5, 5.41) is 2.66. The molecule has 0 radical (unpaired) electrons. The molecule has 0 aliphatic rings. The molecule has 0 bridgehead atoms. The van der Waals surface area contributed by atoms with Gasteiger partial charge in [-0.1, -0.05) is 0 Å². The van der Waals surface area contributed by atoms with Crippen LogP contribution in [0.25, 0.3) is 0 Å². The molecule has 0 spiro atoms. The Morgan fingerprint density at radius 3 is 2.72 bits per heavy atom. The summed E-state index contributed by atoms with van der Waals surface area (Å²) in [6, 6.07) is 1.28. The fraction of sp³-hybridized carbons (Fsp3) is 0.417. The number of amides is 2. The van der Waals surface area contributed by atoms with Crippen LogP contribution in [0, 0.1) is 5.82 Å². The van der Waals surface area contributed by atoms with Gasteiger partial charge in [0.1, 0.15) is 0 Å². The Bertz CT molecular complexity index is 449. The Hall–Kier alpha value is -1.98. The van der Waals surface area contributed by atoms with Gasteiger partial charge in [-0.15, -0.1) is 0 Å². The van der Waals surface area contributed by atoms with Crippen LogP contribution < -0.4 is 5.32 Å². The van der Waals surface area contributed by atoms with E-state index in [1.54, 1.807) is 0 Å². The predicted molar refractivity (Wildman–Crippen MR) is 64.4 cm³/mol. The number of aromatic nitrogens is 1. The molecule has 1 heterocycles. The van der Waals surface area contributed by atoms with Crippen molar-refractivity contribution in [3.63, 3.8) is 0 Å². The van der Waals surface area contributed by atoms with Crippen LogP contribution >= 0.6 is 0 Å². The summed E-state index contributed by atoms with van der Waals surface area (Å²) in [5.74, 6) is -1.53. The molecule has 1 aromatic heterocycles. The van der Waals surface area contributed by atoms with Gasteiger partial charge in [-0.2, -0.15) is 0 Å². The van der Waals surface area contributed by atoms with Gasteiger partial charge >= 0.3 is 0 Å². The lowest BCUT2D eigenvalue weighted by Crippen LogP contribution is -2.41. The molecule has 5 nitrogen and oxygen atoms in total. The molecule has 0 aromatic carbocycles. The summed E-state index contributed by atoms with van der Waals surface area (Å²) in [7, 11) is 1.45. The van der Waals surface area contributed by atoms with E-state index in [1.165, 1.54) is 19.3 Å². The summed E-state index contributed by atoms with van der Waals surface area (Å²) in [4.78, 5) is 28.1. The first-order chi connectivity index (χ1) is 8.41. The number of carbonyl (C=O) groups is 2. The summed E-state index contributed by atoms with van der Waals surface area (Å²) < 4.78 is 13.3. The molecular weight excluding hydrogens is 237 g/mol. The molecule has 0 aliphatic heterocycles. The zero-order valence-electron chi connectivity index (χ0n) is 10.6. The van der Waals surface area contributed by atoms with Crippen LogP contribution in [0.2, 0.25) is 0 Å². The molecule has 1 N–H and O–H groups in total. The lowest BCUT2D eigenvalue weighted by molar-refractivity contribution is -0.122. The molecule has 0 aliphatic carbocycles. The van der Waals surface area contributed by atoms with Crippen molar-refractivity contribution in [1.29, 1.82) is 0 Å². The van der Waals surface area contributed by atoms with Crippen LogP contribution in [0.4, 0.5) is 4.39 Å². The van der Waals surface area contributed by atoms with E-state index in [9.17, 15) is 14.0 Å². The van der Waals surface area contributed by atoms with Crippen LogP contribution in [-0.4, -0.2) is 41.3 Å². The molecule has 98 valence electrons. The number of pyridine rings is 1. The summed E-state index contributed by atoms with van der Waals surface area (Å²) in [6.07, 6.45) is 2.30. The lowest BCUT2D eigenvalue weighted by Gasteiger charge is -2.18. The molecule has 0 saturated heterocycles. The molecule has 0 unspecified atom stereocenters. The Balaban J connectivity index is 2.68. The first kappa shape index (κ1) is 14.1. The maximum absolute atomic E-state index is 13.3. The molecule has 1 aromatic rings. The van der Waals surface area contributed by atoms with Crippen molar-refractivity contribution in [1.82, 2.24) is 15.2 Å². The summed E-state index contributed by atoms with van der Waals surface area (Å²) in [5.41, 5.74) is -0.0927. The summed E-state index contributed by atoms with van der Waals surface area (Å²) in [6.45, 7) is 3.53. The fourth-order valence-electron chi connectivity index (χ4n) is 1.41. The van der Waals surface area contributed by atoms with Crippen LogP contribution in [0.3, 0.4) is 0 Å². The van der Waals surface area contributed by atoms with E-state index in [0.717, 1.165) is 11.1 Å². The van der Waals surface area contributed by atoms with Crippen LogP contribution in [0.1, 0.15) is 24.2 Å². The number of hydrogen-bond donors (Lipinski definition) is 1. The minimum atomic E-state index is -0.696. The Kier molecular flexibility index (Phi) is 4.76. The maximum atomic E-state index is 13.3. The Labute approximate surface area is 105 Å². The van der Waals surface area contributed by atoms with E-state index in [0.29, 0.717) is 0 Å². The molecule has 6 heteroatoms. The SMILES string of the molecule is CC(C)NC(=O)CN(C)C(=O)c1ccncc1F. The topological polar surface area (TPSA) is 62.3 Å². The number of carbonyl (C=O) groups excluding carboxylic acids is 2. The average molecular weight is 253 g/mol. The normalized spacial score (nSPS) is 10.3. The average Bonchev–Trinajstić information content (AvgIpc) is 2.27. The van der Waals surface area contributed by atoms with E-state index >= 15 is 0 Å². The van der Waals surface area contributed by atoms with Crippen LogP contribution in [-0.2, 0) is 4.79 Å². The zero-order valence-corrected chi connectivity index (χ0v) is 10.6. The lowest BCUT2D eigenvalue weighted by atomic mass is 10.2. The van der Waals surface area contributed by atoms with Gasteiger partial charge in [0.05, 0.1) is 18.3 Å². The Morgan fingerprint density at radius 2 is 2.17 bits per heavy atom. The molecule has 0 fully saturated rings. The molecule has 0 saturated carbocycles. The quantitative estimate of drug-likeness (QED) is 0.864. The van der Waals surface area contributed by atoms with Crippen molar-refractivity contribution in [2.24, 2.45) is 0 Å². The van der Waals surface area contributed by atoms with Gasteiger partial charge in [0.2, 0.25) is 5.91 Å². The van der Waals surface area contributed by atoms with E-state index < -0.39 is 11.7 Å². The van der Waals surface area contributed by atoms with Crippen molar-refractivity contribution in [2.75, 3.05) is 13.6 Å². The molecule has 2 amide bonds. The third kappa shape index (κ3) is 3.80. The Morgan fingerprint density at radius 1 is 1.50 bits per heavy atom. The fourth-order valence-corrected chi connectivity index (χ4v) is 1.41. The van der Waals surface area contributed by atoms with E-state index in [-0.39, 0.29) is 24.1 Å². The first-order valence-electron chi connectivity index (χ1n) is 5.56. The van der Waals surface area contributed by atoms with Crippen LogP contribution in [0.15, 0.2) is 18.5 Å². The number of halogens is 1. The van der Waals surface area contributed by atoms with Gasteiger partial charge in [0.25, 0.3) is 5.91 Å². The van der Waals surface area contributed by atoms with E-state index in [1.807, 2.05) is 13.8 Å². The number of likely N-dealkylation sites (N-methyl/N-ethyl adjacent to an activating group) is 1. The standard InChI is InChI=1S/C12H16FN3O2/c1-8(2)15-11(17)7-16(3)12(18)9-4-5-14-6-10(9)13/h4-6,8H,7H2,1-3H3,(H,15,17). The highest BCUT2D eigenvalue weighted by Crippen LogP contribution is 2.07. The third-order valence-electron chi connectivity index (χ3n) is 2.18. The first-order valence-corrected chi connectivity index (χ1v) is 5.56. The smallest absolute Gasteiger partial charge is 0.257 e. The highest BCUT2D eigenvalue weighted by Gasteiger charge is 2.18. The van der Waals surface area contributed by atoms with Crippen molar-refractivity contribution < 1.29 is 14.0 Å². The van der Waals surface area contributed by atoms with Gasteiger partial charge in [0, 0.05) is 19.3 Å². The van der Waals surface area contributed by atoms with Crippen molar-refractivity contribution in [3.8, 4) is 0 Å². The minimum absolute atomic E-state index is 0.00124. The zero-order chi connectivity index (χ0) is 13.7. The summed E-state index contributed by atoms with van der Waals surface area (Å²) >= 11 is 0. The number of rotatable bonds is 4. The molecule has 1 rings (SSSR count). The third-order valence-corrected chi connectivity index (χ3v) is 2.18. The molecular formula is C12H16FN3O2. The highest BCUT2D eigenvalue weighted by atomic mass is 19.1. The predicted octanol–water partition coefficient (Wildman–Crippen LogP) is 0.817. The van der Waals surface area contributed by atoms with Crippen molar-refractivity contribution in [2.45, 2.75) is 19.9 Å². The van der Waals surface area contributed by atoms with Gasteiger partial charge in [-0.25, -0.2) is 4.39 Å². The number of nitrogens with zero attached hydrogens (tertiary/aromatic N) is 2.